The Kier molecular flexibility index (Phi) is 8.09. The molecule has 0 aliphatic heterocycles. The molecule has 0 amide bonds. The number of alkyl halides is 2. The molecule has 0 fully saturated rings. The smallest absolute Gasteiger partial charge is 0.387 e. The van der Waals surface area contributed by atoms with Gasteiger partial charge in [-0.05, 0) is 43.2 Å². The van der Waals surface area contributed by atoms with Crippen LogP contribution in [0, 0.1) is 6.92 Å². The third-order valence-electron chi connectivity index (χ3n) is 4.60. The summed E-state index contributed by atoms with van der Waals surface area (Å²) < 4.78 is 30.7. The van der Waals surface area contributed by atoms with Crippen molar-refractivity contribution in [3.63, 3.8) is 0 Å². The molecule has 2 heterocycles. The van der Waals surface area contributed by atoms with Crippen molar-refractivity contribution in [2.24, 2.45) is 4.99 Å². The normalized spacial score (nSPS) is 12.6. The van der Waals surface area contributed by atoms with E-state index in [9.17, 15) is 13.9 Å². The third kappa shape index (κ3) is 6.48. The molecule has 10 heteroatoms. The van der Waals surface area contributed by atoms with Gasteiger partial charge in [0.25, 0.3) is 0 Å². The second-order valence-electron chi connectivity index (χ2n) is 6.91. The Morgan fingerprint density at radius 2 is 1.94 bits per heavy atom. The standard InChI is InChI=1S/C22H26F2N6O2/c1-3-25-22(29-14-19(31)17-5-7-18(8-6-17)32-21(23)24)28-13-16-4-9-20(27-12-16)30-11-10-26-15(30)2/h4-12,19,21,31H,3,13-14H2,1-2H3,(H2,25,28,29). The van der Waals surface area contributed by atoms with E-state index in [-0.39, 0.29) is 12.3 Å². The molecule has 170 valence electrons. The highest BCUT2D eigenvalue weighted by atomic mass is 19.3. The van der Waals surface area contributed by atoms with Crippen LogP contribution in [0.25, 0.3) is 5.82 Å². The van der Waals surface area contributed by atoms with Crippen molar-refractivity contribution < 1.29 is 18.6 Å². The summed E-state index contributed by atoms with van der Waals surface area (Å²) in [6.45, 7) is 2.22. The van der Waals surface area contributed by atoms with Crippen LogP contribution in [0.2, 0.25) is 0 Å². The quantitative estimate of drug-likeness (QED) is 0.347. The number of aromatic nitrogens is 3. The van der Waals surface area contributed by atoms with Crippen LogP contribution in [0.15, 0.2) is 60.0 Å². The molecule has 3 rings (SSSR count). The van der Waals surface area contributed by atoms with Gasteiger partial charge >= 0.3 is 6.61 Å². The number of guanidine groups is 1. The Morgan fingerprint density at radius 3 is 2.53 bits per heavy atom. The molecule has 0 spiro atoms. The number of pyridine rings is 1. The van der Waals surface area contributed by atoms with E-state index in [1.807, 2.05) is 36.7 Å². The Hall–Kier alpha value is -3.53. The zero-order valence-corrected chi connectivity index (χ0v) is 17.9. The van der Waals surface area contributed by atoms with E-state index in [1.165, 1.54) is 12.1 Å². The van der Waals surface area contributed by atoms with Crippen LogP contribution in [-0.4, -0.2) is 45.3 Å². The molecule has 8 nitrogen and oxygen atoms in total. The topological polar surface area (TPSA) is 96.6 Å². The predicted molar refractivity (Wildman–Crippen MR) is 117 cm³/mol. The first-order chi connectivity index (χ1) is 15.5. The lowest BCUT2D eigenvalue weighted by atomic mass is 10.1. The van der Waals surface area contributed by atoms with Gasteiger partial charge in [-0.15, -0.1) is 0 Å². The van der Waals surface area contributed by atoms with Crippen LogP contribution >= 0.6 is 0 Å². The minimum atomic E-state index is -2.88. The summed E-state index contributed by atoms with van der Waals surface area (Å²) in [5.41, 5.74) is 1.50. The number of aryl methyl sites for hydroxylation is 1. The van der Waals surface area contributed by atoms with E-state index in [2.05, 4.69) is 30.3 Å². The van der Waals surface area contributed by atoms with Gasteiger partial charge in [-0.2, -0.15) is 8.78 Å². The number of halogens is 2. The fraction of sp³-hybridized carbons (Fsp3) is 0.318. The van der Waals surface area contributed by atoms with Crippen molar-refractivity contribution in [3.8, 4) is 11.6 Å². The fourth-order valence-corrected chi connectivity index (χ4v) is 2.97. The lowest BCUT2D eigenvalue weighted by molar-refractivity contribution is -0.0498. The molecule has 0 saturated carbocycles. The van der Waals surface area contributed by atoms with Crippen LogP contribution < -0.4 is 15.4 Å². The van der Waals surface area contributed by atoms with Gasteiger partial charge in [-0.1, -0.05) is 18.2 Å². The highest BCUT2D eigenvalue weighted by Gasteiger charge is 2.10. The first-order valence-corrected chi connectivity index (χ1v) is 10.2. The molecule has 2 aromatic heterocycles. The summed E-state index contributed by atoms with van der Waals surface area (Å²) in [6, 6.07) is 9.74. The van der Waals surface area contributed by atoms with E-state index >= 15 is 0 Å². The molecule has 3 N–H and O–H groups in total. The van der Waals surface area contributed by atoms with E-state index in [4.69, 9.17) is 0 Å². The number of rotatable bonds is 9. The number of nitrogens with zero attached hydrogens (tertiary/aromatic N) is 4. The molecule has 1 unspecified atom stereocenters. The number of hydrogen-bond acceptors (Lipinski definition) is 5. The van der Waals surface area contributed by atoms with Gasteiger partial charge in [-0.25, -0.2) is 15.0 Å². The number of imidazole rings is 1. The Bertz CT molecular complexity index is 1010. The SMILES string of the molecule is CCNC(=NCc1ccc(-n2ccnc2C)nc1)NCC(O)c1ccc(OC(F)F)cc1. The highest BCUT2D eigenvalue weighted by Crippen LogP contribution is 2.19. The molecule has 0 aliphatic carbocycles. The number of aliphatic imine (C=N–C) groups is 1. The number of aliphatic hydroxyl groups is 1. The average molecular weight is 444 g/mol. The van der Waals surface area contributed by atoms with Gasteiger partial charge in [0.1, 0.15) is 17.4 Å². The van der Waals surface area contributed by atoms with Gasteiger partial charge in [0.05, 0.1) is 12.6 Å². The van der Waals surface area contributed by atoms with E-state index in [0.29, 0.717) is 24.6 Å². The average Bonchev–Trinajstić information content (AvgIpc) is 3.21. The first kappa shape index (κ1) is 23.1. The lowest BCUT2D eigenvalue weighted by Gasteiger charge is -2.16. The summed E-state index contributed by atoms with van der Waals surface area (Å²) in [5.74, 6) is 2.22. The number of ether oxygens (including phenoxy) is 1. The van der Waals surface area contributed by atoms with Gasteiger partial charge in [0.15, 0.2) is 5.96 Å². The summed E-state index contributed by atoms with van der Waals surface area (Å²) >= 11 is 0. The van der Waals surface area contributed by atoms with E-state index in [0.717, 1.165) is 17.2 Å². The largest absolute Gasteiger partial charge is 0.435 e. The van der Waals surface area contributed by atoms with Crippen molar-refractivity contribution in [2.75, 3.05) is 13.1 Å². The first-order valence-electron chi connectivity index (χ1n) is 10.2. The third-order valence-corrected chi connectivity index (χ3v) is 4.60. The van der Waals surface area contributed by atoms with Crippen LogP contribution in [0.5, 0.6) is 5.75 Å². The Labute approximate surface area is 185 Å². The molecular formula is C22H26F2N6O2. The molecule has 1 aromatic carbocycles. The van der Waals surface area contributed by atoms with Gasteiger partial charge in [0, 0.05) is 31.7 Å². The van der Waals surface area contributed by atoms with Crippen LogP contribution in [0.4, 0.5) is 8.78 Å². The number of hydrogen-bond donors (Lipinski definition) is 3. The molecule has 3 aromatic rings. The molecule has 0 aliphatic rings. The van der Waals surface area contributed by atoms with Crippen LogP contribution in [0.3, 0.4) is 0 Å². The molecule has 0 bridgehead atoms. The van der Waals surface area contributed by atoms with E-state index < -0.39 is 12.7 Å². The monoisotopic (exact) mass is 444 g/mol. The molecule has 1 atom stereocenters. The van der Waals surface area contributed by atoms with Crippen molar-refractivity contribution in [1.29, 1.82) is 0 Å². The minimum Gasteiger partial charge on any atom is -0.435 e. The number of aliphatic hydroxyl groups excluding tert-OH is 1. The van der Waals surface area contributed by atoms with E-state index in [1.54, 1.807) is 24.5 Å². The summed E-state index contributed by atoms with van der Waals surface area (Å²) in [4.78, 5) is 13.2. The maximum Gasteiger partial charge on any atom is 0.387 e. The van der Waals surface area contributed by atoms with Crippen molar-refractivity contribution in [3.05, 3.63) is 71.9 Å². The predicted octanol–water partition coefficient (Wildman–Crippen LogP) is 2.97. The van der Waals surface area contributed by atoms with Gasteiger partial charge < -0.3 is 20.5 Å². The maximum absolute atomic E-state index is 12.2. The zero-order chi connectivity index (χ0) is 22.9. The van der Waals surface area contributed by atoms with Crippen molar-refractivity contribution in [2.45, 2.75) is 33.1 Å². The van der Waals surface area contributed by atoms with Crippen LogP contribution in [-0.2, 0) is 6.54 Å². The Morgan fingerprint density at radius 1 is 1.16 bits per heavy atom. The molecule has 32 heavy (non-hydrogen) atoms. The van der Waals surface area contributed by atoms with Crippen molar-refractivity contribution in [1.82, 2.24) is 25.2 Å². The fourth-order valence-electron chi connectivity index (χ4n) is 2.97. The summed E-state index contributed by atoms with van der Waals surface area (Å²) in [6.07, 6.45) is 4.50. The van der Waals surface area contributed by atoms with Crippen molar-refractivity contribution >= 4 is 5.96 Å². The molecular weight excluding hydrogens is 418 g/mol. The molecule has 0 radical (unpaired) electrons. The van der Waals surface area contributed by atoms with Crippen LogP contribution in [0.1, 0.15) is 30.0 Å². The van der Waals surface area contributed by atoms with Gasteiger partial charge in [-0.3, -0.25) is 4.57 Å². The molecule has 0 saturated heterocycles. The lowest BCUT2D eigenvalue weighted by Crippen LogP contribution is -2.39. The maximum atomic E-state index is 12.2. The Balaban J connectivity index is 1.57. The number of benzene rings is 1. The minimum absolute atomic E-state index is 0.0432. The summed E-state index contributed by atoms with van der Waals surface area (Å²) in [7, 11) is 0. The number of nitrogens with one attached hydrogen (secondary N) is 2. The van der Waals surface area contributed by atoms with Gasteiger partial charge in [0.2, 0.25) is 0 Å². The highest BCUT2D eigenvalue weighted by molar-refractivity contribution is 5.79. The zero-order valence-electron chi connectivity index (χ0n) is 17.9. The second kappa shape index (κ2) is 11.2. The second-order valence-corrected chi connectivity index (χ2v) is 6.91. The summed E-state index contributed by atoms with van der Waals surface area (Å²) in [5, 5.41) is 16.6.